The van der Waals surface area contributed by atoms with E-state index in [1.165, 1.54) is 10.6 Å². The van der Waals surface area contributed by atoms with Crippen LogP contribution in [-0.4, -0.2) is 47.8 Å². The first-order valence-electron chi connectivity index (χ1n) is 8.65. The lowest BCUT2D eigenvalue weighted by molar-refractivity contribution is -0.120. The van der Waals surface area contributed by atoms with Crippen LogP contribution in [0.5, 0.6) is 0 Å². The zero-order chi connectivity index (χ0) is 18.9. The van der Waals surface area contributed by atoms with Crippen molar-refractivity contribution in [2.45, 2.75) is 26.7 Å². The van der Waals surface area contributed by atoms with Gasteiger partial charge in [-0.05, 0) is 38.8 Å². The summed E-state index contributed by atoms with van der Waals surface area (Å²) in [5, 5.41) is 7.50. The number of hydrogen-bond donors (Lipinski definition) is 1. The van der Waals surface area contributed by atoms with Crippen LogP contribution in [0.2, 0.25) is 0 Å². The number of carbonyl (C=O) groups is 1. The molecule has 1 fully saturated rings. The van der Waals surface area contributed by atoms with Crippen molar-refractivity contribution in [3.05, 3.63) is 41.7 Å². The molecule has 1 aromatic carbocycles. The van der Waals surface area contributed by atoms with Crippen LogP contribution in [0.1, 0.15) is 24.2 Å². The lowest BCUT2D eigenvalue weighted by atomic mass is 9.98. The van der Waals surface area contributed by atoms with Crippen molar-refractivity contribution >= 4 is 21.6 Å². The van der Waals surface area contributed by atoms with E-state index in [2.05, 4.69) is 10.4 Å². The second kappa shape index (κ2) is 7.20. The third-order valence-electron chi connectivity index (χ3n) is 4.76. The number of para-hydroxylation sites is 1. The van der Waals surface area contributed by atoms with Gasteiger partial charge < -0.3 is 5.32 Å². The number of amides is 1. The van der Waals surface area contributed by atoms with Crippen LogP contribution >= 0.6 is 0 Å². The topological polar surface area (TPSA) is 84.3 Å². The Balaban J connectivity index is 1.79. The van der Waals surface area contributed by atoms with Gasteiger partial charge in [0.05, 0.1) is 34.9 Å². The third-order valence-corrected chi connectivity index (χ3v) is 6.03. The van der Waals surface area contributed by atoms with Crippen molar-refractivity contribution in [3.8, 4) is 5.69 Å². The molecular formula is C18H24N4O3S. The summed E-state index contributed by atoms with van der Waals surface area (Å²) in [6.07, 6.45) is 2.56. The predicted molar refractivity (Wildman–Crippen MR) is 101 cm³/mol. The summed E-state index contributed by atoms with van der Waals surface area (Å²) < 4.78 is 26.7. The molecule has 1 unspecified atom stereocenters. The van der Waals surface area contributed by atoms with Gasteiger partial charge in [-0.3, -0.25) is 4.79 Å². The lowest BCUT2D eigenvalue weighted by Gasteiger charge is -2.30. The van der Waals surface area contributed by atoms with E-state index in [1.54, 1.807) is 4.68 Å². The number of anilines is 1. The molecule has 2 aromatic rings. The normalized spacial score (nSPS) is 18.7. The number of sulfonamides is 1. The molecule has 8 heteroatoms. The Bertz CT molecular complexity index is 906. The molecule has 1 aliphatic rings. The molecule has 0 saturated carbocycles. The highest BCUT2D eigenvalue weighted by molar-refractivity contribution is 7.88. The van der Waals surface area contributed by atoms with Crippen LogP contribution in [0.3, 0.4) is 0 Å². The maximum atomic E-state index is 12.7. The molecule has 140 valence electrons. The monoisotopic (exact) mass is 376 g/mol. The Hall–Kier alpha value is -2.19. The molecule has 1 saturated heterocycles. The van der Waals surface area contributed by atoms with Gasteiger partial charge in [0.15, 0.2) is 0 Å². The van der Waals surface area contributed by atoms with Gasteiger partial charge >= 0.3 is 0 Å². The number of hydrogen-bond acceptors (Lipinski definition) is 4. The maximum Gasteiger partial charge on any atom is 0.228 e. The Morgan fingerprint density at radius 2 is 1.92 bits per heavy atom. The van der Waals surface area contributed by atoms with E-state index in [0.717, 1.165) is 17.1 Å². The fourth-order valence-corrected chi connectivity index (χ4v) is 4.24. The summed E-state index contributed by atoms with van der Waals surface area (Å²) >= 11 is 0. The predicted octanol–water partition coefficient (Wildman–Crippen LogP) is 2.10. The summed E-state index contributed by atoms with van der Waals surface area (Å²) in [6, 6.07) is 9.72. The first-order valence-corrected chi connectivity index (χ1v) is 10.5. The van der Waals surface area contributed by atoms with Crippen molar-refractivity contribution < 1.29 is 13.2 Å². The molecule has 0 radical (unpaired) electrons. The highest BCUT2D eigenvalue weighted by atomic mass is 32.2. The summed E-state index contributed by atoms with van der Waals surface area (Å²) in [6.45, 7) is 4.47. The number of benzene rings is 1. The van der Waals surface area contributed by atoms with Gasteiger partial charge in [-0.25, -0.2) is 17.4 Å². The fraction of sp³-hybridized carbons (Fsp3) is 0.444. The van der Waals surface area contributed by atoms with Crippen molar-refractivity contribution in [1.82, 2.24) is 14.1 Å². The van der Waals surface area contributed by atoms with E-state index in [9.17, 15) is 13.2 Å². The van der Waals surface area contributed by atoms with Crippen LogP contribution in [0.25, 0.3) is 5.69 Å². The minimum Gasteiger partial charge on any atom is -0.323 e. The first-order chi connectivity index (χ1) is 12.3. The first kappa shape index (κ1) is 18.6. The Morgan fingerprint density at radius 3 is 2.58 bits per heavy atom. The number of nitrogens with one attached hydrogen (secondary N) is 1. The van der Waals surface area contributed by atoms with Crippen LogP contribution in [-0.2, 0) is 14.8 Å². The average Bonchev–Trinajstić information content (AvgIpc) is 2.90. The lowest BCUT2D eigenvalue weighted by Crippen LogP contribution is -2.43. The van der Waals surface area contributed by atoms with Gasteiger partial charge in [0, 0.05) is 13.1 Å². The number of rotatable bonds is 4. The van der Waals surface area contributed by atoms with Crippen molar-refractivity contribution in [2.24, 2.45) is 5.92 Å². The van der Waals surface area contributed by atoms with Crippen LogP contribution < -0.4 is 5.32 Å². The number of aryl methyl sites for hydroxylation is 1. The highest BCUT2D eigenvalue weighted by Crippen LogP contribution is 2.25. The largest absolute Gasteiger partial charge is 0.323 e. The van der Waals surface area contributed by atoms with E-state index >= 15 is 0 Å². The molecular weight excluding hydrogens is 352 g/mol. The minimum absolute atomic E-state index is 0.155. The van der Waals surface area contributed by atoms with Gasteiger partial charge in [0.25, 0.3) is 0 Å². The minimum atomic E-state index is -3.28. The molecule has 0 aliphatic carbocycles. The van der Waals surface area contributed by atoms with Gasteiger partial charge in [0.1, 0.15) is 0 Å². The van der Waals surface area contributed by atoms with Crippen molar-refractivity contribution in [3.63, 3.8) is 0 Å². The molecule has 3 rings (SSSR count). The quantitative estimate of drug-likeness (QED) is 0.886. The number of piperidine rings is 1. The van der Waals surface area contributed by atoms with Gasteiger partial charge in [0.2, 0.25) is 15.9 Å². The summed E-state index contributed by atoms with van der Waals surface area (Å²) in [5.74, 6) is -0.505. The number of aromatic nitrogens is 2. The maximum absolute atomic E-state index is 12.7. The van der Waals surface area contributed by atoms with Crippen molar-refractivity contribution in [1.29, 1.82) is 0 Å². The van der Waals surface area contributed by atoms with Crippen LogP contribution in [0.15, 0.2) is 30.3 Å². The SMILES string of the molecule is Cc1nn(-c2ccccc2)c(C)c1NC(=O)C1CCCN(S(C)(=O)=O)C1. The summed E-state index contributed by atoms with van der Waals surface area (Å²) in [5.41, 5.74) is 3.19. The molecule has 1 aromatic heterocycles. The van der Waals surface area contributed by atoms with Gasteiger partial charge in [-0.2, -0.15) is 5.10 Å². The zero-order valence-corrected chi connectivity index (χ0v) is 16.1. The number of carbonyl (C=O) groups excluding carboxylic acids is 1. The molecule has 1 amide bonds. The molecule has 1 aliphatic heterocycles. The van der Waals surface area contributed by atoms with Gasteiger partial charge in [-0.1, -0.05) is 18.2 Å². The Morgan fingerprint density at radius 1 is 1.23 bits per heavy atom. The summed E-state index contributed by atoms with van der Waals surface area (Å²) in [4.78, 5) is 12.7. The fourth-order valence-electron chi connectivity index (χ4n) is 3.33. The molecule has 0 spiro atoms. The molecule has 1 atom stereocenters. The van der Waals surface area contributed by atoms with E-state index < -0.39 is 10.0 Å². The van der Waals surface area contributed by atoms with E-state index in [0.29, 0.717) is 25.1 Å². The van der Waals surface area contributed by atoms with Crippen molar-refractivity contribution in [2.75, 3.05) is 24.7 Å². The standard InChI is InChI=1S/C18H24N4O3S/c1-13-17(14(2)22(20-13)16-9-5-4-6-10-16)19-18(23)15-8-7-11-21(12-15)26(3,24)25/h4-6,9-10,15H,7-8,11-12H2,1-3H3,(H,19,23). The molecule has 7 nitrogen and oxygen atoms in total. The van der Waals surface area contributed by atoms with Gasteiger partial charge in [-0.15, -0.1) is 0 Å². The van der Waals surface area contributed by atoms with Crippen LogP contribution in [0, 0.1) is 19.8 Å². The van der Waals surface area contributed by atoms with E-state index in [1.807, 2.05) is 44.2 Å². The smallest absolute Gasteiger partial charge is 0.228 e. The molecule has 2 heterocycles. The summed E-state index contributed by atoms with van der Waals surface area (Å²) in [7, 11) is -3.28. The molecule has 0 bridgehead atoms. The Labute approximate surface area is 154 Å². The second-order valence-electron chi connectivity index (χ2n) is 6.74. The molecule has 26 heavy (non-hydrogen) atoms. The third kappa shape index (κ3) is 3.81. The molecule has 1 N–H and O–H groups in total. The second-order valence-corrected chi connectivity index (χ2v) is 8.73. The van der Waals surface area contributed by atoms with E-state index in [4.69, 9.17) is 0 Å². The average molecular weight is 376 g/mol. The van der Waals surface area contributed by atoms with E-state index in [-0.39, 0.29) is 18.4 Å². The van der Waals surface area contributed by atoms with Crippen LogP contribution in [0.4, 0.5) is 5.69 Å². The zero-order valence-electron chi connectivity index (χ0n) is 15.3. The highest BCUT2D eigenvalue weighted by Gasteiger charge is 2.31. The number of nitrogens with zero attached hydrogens (tertiary/aromatic N) is 3. The Kier molecular flexibility index (Phi) is 5.15.